The van der Waals surface area contributed by atoms with Gasteiger partial charge in [-0.3, -0.25) is 4.79 Å². The Hall–Kier alpha value is -3.30. The molecule has 1 heterocycles. The zero-order valence-electron chi connectivity index (χ0n) is 22.6. The van der Waals surface area contributed by atoms with Gasteiger partial charge >= 0.3 is 5.97 Å². The number of hydrogen-bond acceptors (Lipinski definition) is 8. The number of ether oxygens (including phenoxy) is 3. The molecule has 9 heteroatoms. The molecule has 0 aliphatic rings. The van der Waals surface area contributed by atoms with Gasteiger partial charge in [0.1, 0.15) is 17.2 Å². The fourth-order valence-electron chi connectivity index (χ4n) is 3.69. The molecule has 0 aliphatic carbocycles. The highest BCUT2D eigenvalue weighted by Gasteiger charge is 2.18. The second-order valence-corrected chi connectivity index (χ2v) is 10.2. The number of carbonyl (C=O) groups is 1. The van der Waals surface area contributed by atoms with E-state index in [-0.39, 0.29) is 24.3 Å². The van der Waals surface area contributed by atoms with Gasteiger partial charge in [-0.2, -0.15) is 4.98 Å². The molecule has 37 heavy (non-hydrogen) atoms. The normalized spacial score (nSPS) is 11.8. The van der Waals surface area contributed by atoms with Crippen LogP contribution in [0.15, 0.2) is 40.9 Å². The Morgan fingerprint density at radius 2 is 1.81 bits per heavy atom. The van der Waals surface area contributed by atoms with Gasteiger partial charge in [-0.15, -0.1) is 0 Å². The number of benzene rings is 2. The summed E-state index contributed by atoms with van der Waals surface area (Å²) in [7, 11) is 3.45. The maximum absolute atomic E-state index is 14.6. The van der Waals surface area contributed by atoms with Crippen molar-refractivity contribution in [3.8, 4) is 28.6 Å². The molecule has 3 rings (SSSR count). The summed E-state index contributed by atoms with van der Waals surface area (Å²) in [6.07, 6.45) is 0.246. The number of aromatic nitrogens is 2. The van der Waals surface area contributed by atoms with E-state index < -0.39 is 5.60 Å². The van der Waals surface area contributed by atoms with E-state index >= 15 is 0 Å². The molecule has 0 radical (unpaired) electrons. The molecule has 0 atom stereocenters. The molecule has 0 bridgehead atoms. The molecule has 0 fully saturated rings. The Labute approximate surface area is 217 Å². The summed E-state index contributed by atoms with van der Waals surface area (Å²) in [5, 5.41) is 4.11. The average Bonchev–Trinajstić information content (AvgIpc) is 3.29. The van der Waals surface area contributed by atoms with Crippen LogP contribution in [0.25, 0.3) is 22.8 Å². The largest absolute Gasteiger partial charge is 0.491 e. The van der Waals surface area contributed by atoms with Gasteiger partial charge in [0.05, 0.1) is 19.1 Å². The highest BCUT2D eigenvalue weighted by molar-refractivity contribution is 5.70. The highest BCUT2D eigenvalue weighted by atomic mass is 19.1. The first-order valence-electron chi connectivity index (χ1n) is 12.3. The SMILES string of the molecule is COCc1cc(-c2nc(-c3ccc(F)c(CN(C)CCC(=O)OC(C)(C)C)c3)no2)ccc1OC(C)C. The first kappa shape index (κ1) is 28.3. The lowest BCUT2D eigenvalue weighted by Crippen LogP contribution is -2.27. The number of carbonyl (C=O) groups excluding carboxylic acids is 1. The number of halogens is 1. The number of nitrogens with zero attached hydrogens (tertiary/aromatic N) is 3. The van der Waals surface area contributed by atoms with Gasteiger partial charge in [-0.1, -0.05) is 5.16 Å². The maximum atomic E-state index is 14.6. The molecule has 2 aromatic carbocycles. The standard InChI is InChI=1S/C28H36FN3O5/c1-18(2)35-24-11-9-20(15-22(24)17-34-7)27-30-26(31-37-27)19-8-10-23(29)21(14-19)16-32(6)13-12-25(33)36-28(3,4)5/h8-11,14-15,18H,12-13,16-17H2,1-7H3. The van der Waals surface area contributed by atoms with Crippen LogP contribution in [0.3, 0.4) is 0 Å². The summed E-state index contributed by atoms with van der Waals surface area (Å²) in [5.41, 5.74) is 2.16. The van der Waals surface area contributed by atoms with Crippen molar-refractivity contribution in [2.24, 2.45) is 0 Å². The number of rotatable bonds is 11. The molecule has 0 aliphatic heterocycles. The van der Waals surface area contributed by atoms with Crippen molar-refractivity contribution < 1.29 is 27.9 Å². The molecule has 3 aromatic rings. The molecule has 0 N–H and O–H groups in total. The lowest BCUT2D eigenvalue weighted by molar-refractivity contribution is -0.155. The van der Waals surface area contributed by atoms with Crippen LogP contribution < -0.4 is 4.74 Å². The topological polar surface area (TPSA) is 86.9 Å². The minimum Gasteiger partial charge on any atom is -0.491 e. The van der Waals surface area contributed by atoms with Crippen LogP contribution in [0.2, 0.25) is 0 Å². The summed E-state index contributed by atoms with van der Waals surface area (Å²) >= 11 is 0. The van der Waals surface area contributed by atoms with Crippen molar-refractivity contribution in [2.75, 3.05) is 20.7 Å². The van der Waals surface area contributed by atoms with Gasteiger partial charge < -0.3 is 23.6 Å². The average molecular weight is 514 g/mol. The zero-order valence-corrected chi connectivity index (χ0v) is 22.6. The van der Waals surface area contributed by atoms with Crippen molar-refractivity contribution in [2.45, 2.75) is 65.9 Å². The van der Waals surface area contributed by atoms with E-state index in [0.717, 1.165) is 16.9 Å². The minimum absolute atomic E-state index is 0.0282. The quantitative estimate of drug-likeness (QED) is 0.305. The number of esters is 1. The number of methoxy groups -OCH3 is 1. The molecule has 1 aromatic heterocycles. The van der Waals surface area contributed by atoms with E-state index in [2.05, 4.69) is 10.1 Å². The fraction of sp³-hybridized carbons (Fsp3) is 0.464. The van der Waals surface area contributed by atoms with Gasteiger partial charge in [-0.25, -0.2) is 4.39 Å². The maximum Gasteiger partial charge on any atom is 0.307 e. The van der Waals surface area contributed by atoms with E-state index in [1.165, 1.54) is 6.07 Å². The van der Waals surface area contributed by atoms with E-state index in [0.29, 0.717) is 42.5 Å². The number of hydrogen-bond donors (Lipinski definition) is 0. The van der Waals surface area contributed by atoms with Gasteiger partial charge in [0.25, 0.3) is 5.89 Å². The monoisotopic (exact) mass is 513 g/mol. The van der Waals surface area contributed by atoms with Crippen molar-refractivity contribution in [3.63, 3.8) is 0 Å². The predicted molar refractivity (Wildman–Crippen MR) is 138 cm³/mol. The van der Waals surface area contributed by atoms with Crippen molar-refractivity contribution in [1.29, 1.82) is 0 Å². The van der Waals surface area contributed by atoms with Crippen molar-refractivity contribution in [1.82, 2.24) is 15.0 Å². The molecule has 0 saturated heterocycles. The second kappa shape index (κ2) is 12.3. The summed E-state index contributed by atoms with van der Waals surface area (Å²) in [6, 6.07) is 10.3. The summed E-state index contributed by atoms with van der Waals surface area (Å²) in [4.78, 5) is 18.4. The lowest BCUT2D eigenvalue weighted by Gasteiger charge is -2.21. The third-order valence-electron chi connectivity index (χ3n) is 5.26. The van der Waals surface area contributed by atoms with E-state index in [9.17, 15) is 9.18 Å². The Morgan fingerprint density at radius 3 is 2.49 bits per heavy atom. The molecule has 8 nitrogen and oxygen atoms in total. The Kier molecular flexibility index (Phi) is 9.39. The minimum atomic E-state index is -0.533. The molecular formula is C28H36FN3O5. The molecule has 0 amide bonds. The molecule has 200 valence electrons. The summed E-state index contributed by atoms with van der Waals surface area (Å²) in [5.74, 6) is 0.790. The van der Waals surface area contributed by atoms with Crippen LogP contribution in [0, 0.1) is 5.82 Å². The molecule has 0 saturated carbocycles. The van der Waals surface area contributed by atoms with Crippen LogP contribution in [0.5, 0.6) is 5.75 Å². The van der Waals surface area contributed by atoms with Crippen LogP contribution in [0.4, 0.5) is 4.39 Å². The third kappa shape index (κ3) is 8.36. The smallest absolute Gasteiger partial charge is 0.307 e. The van der Waals surface area contributed by atoms with Crippen molar-refractivity contribution in [3.05, 3.63) is 53.3 Å². The van der Waals surface area contributed by atoms with Gasteiger partial charge in [0.2, 0.25) is 5.82 Å². The molecule has 0 spiro atoms. The first-order chi connectivity index (χ1) is 17.4. The molecule has 0 unspecified atom stereocenters. The first-order valence-corrected chi connectivity index (χ1v) is 12.3. The van der Waals surface area contributed by atoms with Crippen LogP contribution in [-0.2, 0) is 27.4 Å². The van der Waals surface area contributed by atoms with Gasteiger partial charge in [-0.05, 0) is 78.1 Å². The highest BCUT2D eigenvalue weighted by Crippen LogP contribution is 2.29. The van der Waals surface area contributed by atoms with Gasteiger partial charge in [0.15, 0.2) is 0 Å². The fourth-order valence-corrected chi connectivity index (χ4v) is 3.69. The van der Waals surface area contributed by atoms with Crippen molar-refractivity contribution >= 4 is 5.97 Å². The van der Waals surface area contributed by atoms with Crippen LogP contribution in [0.1, 0.15) is 52.2 Å². The van der Waals surface area contributed by atoms with E-state index in [1.54, 1.807) is 19.2 Å². The van der Waals surface area contributed by atoms with E-state index in [1.807, 2.05) is 64.8 Å². The van der Waals surface area contributed by atoms with Crippen LogP contribution >= 0.6 is 0 Å². The lowest BCUT2D eigenvalue weighted by atomic mass is 10.1. The zero-order chi connectivity index (χ0) is 27.2. The summed E-state index contributed by atoms with van der Waals surface area (Å²) < 4.78 is 36.6. The Bertz CT molecular complexity index is 1200. The summed E-state index contributed by atoms with van der Waals surface area (Å²) in [6.45, 7) is 10.5. The van der Waals surface area contributed by atoms with Crippen LogP contribution in [-0.4, -0.2) is 53.4 Å². The Balaban J connectivity index is 1.74. The van der Waals surface area contributed by atoms with Gasteiger partial charge in [0, 0.05) is 42.5 Å². The second-order valence-electron chi connectivity index (χ2n) is 10.2. The third-order valence-corrected chi connectivity index (χ3v) is 5.26. The predicted octanol–water partition coefficient (Wildman–Crippen LogP) is 5.64. The Morgan fingerprint density at radius 1 is 1.11 bits per heavy atom. The van der Waals surface area contributed by atoms with E-state index in [4.69, 9.17) is 18.7 Å². The molecular weight excluding hydrogens is 477 g/mol.